The molecule has 3 aliphatic heterocycles. The number of sulfonamides is 1. The number of nitrogens with zero attached hydrogens (tertiary/aromatic N) is 2. The van der Waals surface area contributed by atoms with Crippen LogP contribution in [0.2, 0.25) is 0 Å². The topological polar surface area (TPSA) is 59.1 Å². The van der Waals surface area contributed by atoms with Crippen LogP contribution < -0.4 is 9.47 Å². The molecule has 2 fully saturated rings. The number of methoxy groups -OCH3 is 2. The Bertz CT molecular complexity index is 801. The van der Waals surface area contributed by atoms with Crippen molar-refractivity contribution in [3.8, 4) is 11.5 Å². The van der Waals surface area contributed by atoms with E-state index in [0.717, 1.165) is 50.3 Å². The Morgan fingerprint density at radius 2 is 1.81 bits per heavy atom. The van der Waals surface area contributed by atoms with E-state index < -0.39 is 10.0 Å². The molecule has 0 saturated carbocycles. The minimum absolute atomic E-state index is 0. The Hall–Kier alpha value is -1.02. The highest BCUT2D eigenvalue weighted by molar-refractivity contribution is 7.88. The Labute approximate surface area is 168 Å². The molecule has 0 unspecified atom stereocenters. The smallest absolute Gasteiger partial charge is 0.211 e. The Kier molecular flexibility index (Phi) is 5.96. The third kappa shape index (κ3) is 3.67. The van der Waals surface area contributed by atoms with Crippen molar-refractivity contribution in [2.24, 2.45) is 5.92 Å². The molecule has 0 N–H and O–H groups in total. The van der Waals surface area contributed by atoms with Gasteiger partial charge in [-0.05, 0) is 54.9 Å². The van der Waals surface area contributed by atoms with E-state index in [1.165, 1.54) is 17.4 Å². The highest BCUT2D eigenvalue weighted by Crippen LogP contribution is 2.45. The average Bonchev–Trinajstić information content (AvgIpc) is 2.63. The summed E-state index contributed by atoms with van der Waals surface area (Å²) in [5, 5.41) is 0. The molecule has 3 atom stereocenters. The molecule has 1 aromatic carbocycles. The summed E-state index contributed by atoms with van der Waals surface area (Å²) in [6.45, 7) is 2.66. The summed E-state index contributed by atoms with van der Waals surface area (Å²) in [4.78, 5) is 2.54. The van der Waals surface area contributed by atoms with Crippen LogP contribution >= 0.6 is 12.4 Å². The minimum Gasteiger partial charge on any atom is -0.493 e. The maximum absolute atomic E-state index is 12.3. The van der Waals surface area contributed by atoms with Crippen molar-refractivity contribution in [1.82, 2.24) is 9.21 Å². The molecule has 3 aliphatic rings. The number of ether oxygens (including phenoxy) is 2. The van der Waals surface area contributed by atoms with E-state index >= 15 is 0 Å². The minimum atomic E-state index is -3.16. The number of rotatable bonds is 3. The third-order valence-electron chi connectivity index (χ3n) is 6.34. The highest BCUT2D eigenvalue weighted by Gasteiger charge is 2.45. The molecule has 0 spiro atoms. The highest BCUT2D eigenvalue weighted by atomic mass is 35.5. The van der Waals surface area contributed by atoms with Gasteiger partial charge in [0.15, 0.2) is 11.5 Å². The molecule has 0 aromatic heterocycles. The fraction of sp³-hybridized carbons (Fsp3) is 0.684. The van der Waals surface area contributed by atoms with Crippen molar-refractivity contribution in [3.05, 3.63) is 23.3 Å². The molecule has 2 saturated heterocycles. The molecule has 3 heterocycles. The van der Waals surface area contributed by atoms with Gasteiger partial charge in [-0.3, -0.25) is 4.90 Å². The SMILES string of the molecule is COc1cc2c(cc1OC)[C@H]1C[C@H]3[C@H](CCCN3S(C)(=O)=O)CN1CC2.Cl. The van der Waals surface area contributed by atoms with Crippen LogP contribution in [-0.4, -0.2) is 63.8 Å². The quantitative estimate of drug-likeness (QED) is 0.757. The summed E-state index contributed by atoms with van der Waals surface area (Å²) in [5.74, 6) is 1.96. The lowest BCUT2D eigenvalue weighted by atomic mass is 9.77. The molecule has 0 bridgehead atoms. The van der Waals surface area contributed by atoms with Crippen LogP contribution in [0, 0.1) is 5.92 Å². The van der Waals surface area contributed by atoms with Gasteiger partial charge in [0.1, 0.15) is 0 Å². The summed E-state index contributed by atoms with van der Waals surface area (Å²) < 4.78 is 37.3. The molecule has 1 aromatic rings. The van der Waals surface area contributed by atoms with Crippen LogP contribution in [0.4, 0.5) is 0 Å². The van der Waals surface area contributed by atoms with Crippen LogP contribution in [0.3, 0.4) is 0 Å². The largest absolute Gasteiger partial charge is 0.493 e. The lowest BCUT2D eigenvalue weighted by Crippen LogP contribution is -2.57. The molecule has 6 nitrogen and oxygen atoms in total. The van der Waals surface area contributed by atoms with Gasteiger partial charge in [-0.25, -0.2) is 8.42 Å². The van der Waals surface area contributed by atoms with Crippen molar-refractivity contribution >= 4 is 22.4 Å². The second kappa shape index (κ2) is 7.78. The lowest BCUT2D eigenvalue weighted by Gasteiger charge is -2.51. The van der Waals surface area contributed by atoms with E-state index in [0.29, 0.717) is 12.5 Å². The molecular formula is C19H29ClN2O4S. The lowest BCUT2D eigenvalue weighted by molar-refractivity contribution is 0.0221. The van der Waals surface area contributed by atoms with E-state index in [1.807, 2.05) is 0 Å². The fourth-order valence-corrected chi connectivity index (χ4v) is 6.35. The van der Waals surface area contributed by atoms with Crippen LogP contribution in [0.1, 0.15) is 36.4 Å². The van der Waals surface area contributed by atoms with Gasteiger partial charge in [0, 0.05) is 31.7 Å². The maximum atomic E-state index is 12.3. The van der Waals surface area contributed by atoms with Gasteiger partial charge in [-0.15, -0.1) is 12.4 Å². The summed E-state index contributed by atoms with van der Waals surface area (Å²) >= 11 is 0. The number of fused-ring (bicyclic) bond motifs is 4. The van der Waals surface area contributed by atoms with Gasteiger partial charge in [0.05, 0.1) is 20.5 Å². The Morgan fingerprint density at radius 3 is 2.48 bits per heavy atom. The molecule has 8 heteroatoms. The number of hydrogen-bond acceptors (Lipinski definition) is 5. The van der Waals surface area contributed by atoms with Gasteiger partial charge in [-0.2, -0.15) is 4.31 Å². The zero-order valence-electron chi connectivity index (χ0n) is 16.2. The second-order valence-electron chi connectivity index (χ2n) is 7.75. The number of hydrogen-bond donors (Lipinski definition) is 0. The average molecular weight is 417 g/mol. The summed E-state index contributed by atoms with van der Waals surface area (Å²) in [7, 11) is 0.159. The second-order valence-corrected chi connectivity index (χ2v) is 9.68. The van der Waals surface area contributed by atoms with Gasteiger partial charge in [0.25, 0.3) is 0 Å². The van der Waals surface area contributed by atoms with Crippen molar-refractivity contribution in [2.75, 3.05) is 40.1 Å². The Morgan fingerprint density at radius 1 is 1.11 bits per heavy atom. The van der Waals surface area contributed by atoms with E-state index in [4.69, 9.17) is 9.47 Å². The number of halogens is 1. The van der Waals surface area contributed by atoms with Crippen LogP contribution in [0.15, 0.2) is 12.1 Å². The summed E-state index contributed by atoms with van der Waals surface area (Å²) in [6, 6.07) is 4.55. The molecule has 4 rings (SSSR count). The monoisotopic (exact) mass is 416 g/mol. The zero-order valence-corrected chi connectivity index (χ0v) is 17.8. The van der Waals surface area contributed by atoms with Crippen molar-refractivity contribution in [2.45, 2.75) is 37.8 Å². The molecule has 152 valence electrons. The molecular weight excluding hydrogens is 388 g/mol. The van der Waals surface area contributed by atoms with E-state index in [9.17, 15) is 8.42 Å². The first kappa shape index (κ1) is 20.7. The van der Waals surface area contributed by atoms with E-state index in [2.05, 4.69) is 17.0 Å². The van der Waals surface area contributed by atoms with Crippen molar-refractivity contribution in [3.63, 3.8) is 0 Å². The van der Waals surface area contributed by atoms with Gasteiger partial charge >= 0.3 is 0 Å². The standard InChI is InChI=1S/C19H28N2O4S.ClH/c1-24-18-9-13-6-8-20-12-14-5-4-7-21(26(3,22)23)16(14)11-17(20)15(13)10-19(18)25-2;/h9-10,14,16-17H,4-8,11-12H2,1-3H3;1H/t14-,16+,17-;/m1./s1. The predicted molar refractivity (Wildman–Crippen MR) is 107 cm³/mol. The van der Waals surface area contributed by atoms with E-state index in [-0.39, 0.29) is 24.5 Å². The van der Waals surface area contributed by atoms with E-state index in [1.54, 1.807) is 18.5 Å². The predicted octanol–water partition coefficient (Wildman–Crippen LogP) is 2.47. The first-order valence-electron chi connectivity index (χ1n) is 9.38. The molecule has 0 aliphatic carbocycles. The first-order chi connectivity index (χ1) is 12.4. The van der Waals surface area contributed by atoms with Crippen LogP contribution in [0.25, 0.3) is 0 Å². The van der Waals surface area contributed by atoms with Gasteiger partial charge in [0.2, 0.25) is 10.0 Å². The van der Waals surface area contributed by atoms with Crippen LogP contribution in [0.5, 0.6) is 11.5 Å². The van der Waals surface area contributed by atoms with Crippen molar-refractivity contribution < 1.29 is 17.9 Å². The maximum Gasteiger partial charge on any atom is 0.211 e. The van der Waals surface area contributed by atoms with Gasteiger partial charge < -0.3 is 9.47 Å². The molecule has 0 radical (unpaired) electrons. The molecule has 0 amide bonds. The Balaban J connectivity index is 0.00000210. The van der Waals surface area contributed by atoms with Crippen LogP contribution in [-0.2, 0) is 16.4 Å². The van der Waals surface area contributed by atoms with Crippen molar-refractivity contribution in [1.29, 1.82) is 0 Å². The zero-order chi connectivity index (χ0) is 18.5. The molecule has 27 heavy (non-hydrogen) atoms. The number of benzene rings is 1. The normalized spacial score (nSPS) is 28.3. The number of piperidine rings is 2. The first-order valence-corrected chi connectivity index (χ1v) is 11.2. The van der Waals surface area contributed by atoms with Gasteiger partial charge in [-0.1, -0.05) is 0 Å². The summed E-state index contributed by atoms with van der Waals surface area (Å²) in [5.41, 5.74) is 2.57. The fourth-order valence-electron chi connectivity index (χ4n) is 5.14. The summed E-state index contributed by atoms with van der Waals surface area (Å²) in [6.07, 6.45) is 5.30. The third-order valence-corrected chi connectivity index (χ3v) is 7.65.